The van der Waals surface area contributed by atoms with Crippen molar-refractivity contribution in [1.29, 1.82) is 0 Å². The third-order valence-electron chi connectivity index (χ3n) is 2.12. The summed E-state index contributed by atoms with van der Waals surface area (Å²) in [7, 11) is 3.55. The molecule has 0 atom stereocenters. The maximum absolute atomic E-state index is 11.5. The molecule has 0 saturated heterocycles. The van der Waals surface area contributed by atoms with Crippen LogP contribution in [-0.2, 0) is 4.79 Å². The zero-order chi connectivity index (χ0) is 12.6. The molecule has 1 amide bonds. The van der Waals surface area contributed by atoms with Gasteiger partial charge in [-0.3, -0.25) is 4.79 Å². The number of hydrogen-bond acceptors (Lipinski definition) is 2. The molecule has 0 saturated carbocycles. The van der Waals surface area contributed by atoms with Crippen LogP contribution in [-0.4, -0.2) is 26.5 Å². The molecule has 0 aliphatic carbocycles. The van der Waals surface area contributed by atoms with Crippen LogP contribution in [0.3, 0.4) is 0 Å². The highest BCUT2D eigenvalue weighted by Gasteiger charge is 2.08. The average molecular weight is 222 g/mol. The van der Waals surface area contributed by atoms with Gasteiger partial charge in [-0.25, -0.2) is 0 Å². The van der Waals surface area contributed by atoms with E-state index < -0.39 is 0 Å². The van der Waals surface area contributed by atoms with Crippen molar-refractivity contribution >= 4 is 11.6 Å². The van der Waals surface area contributed by atoms with Crippen LogP contribution in [0.4, 0.5) is 5.69 Å². The number of likely N-dealkylation sites (N-methyl/N-ethyl adjacent to an activating group) is 2. The molecule has 16 heavy (non-hydrogen) atoms. The highest BCUT2D eigenvalue weighted by atomic mass is 16.2. The Hall–Kier alpha value is -1.35. The Balaban J connectivity index is 0.00000106. The summed E-state index contributed by atoms with van der Waals surface area (Å²) in [4.78, 5) is 13.1. The van der Waals surface area contributed by atoms with Crippen molar-refractivity contribution in [2.75, 3.05) is 25.5 Å². The van der Waals surface area contributed by atoms with Crippen molar-refractivity contribution in [2.24, 2.45) is 0 Å². The summed E-state index contributed by atoms with van der Waals surface area (Å²) < 4.78 is 0. The SMILES string of the molecule is CC.CNCC(=O)N(C)c1ccc(C)cc1. The van der Waals surface area contributed by atoms with E-state index >= 15 is 0 Å². The number of rotatable bonds is 3. The molecule has 3 nitrogen and oxygen atoms in total. The van der Waals surface area contributed by atoms with Gasteiger partial charge in [0.05, 0.1) is 6.54 Å². The Morgan fingerprint density at radius 3 is 2.19 bits per heavy atom. The fraction of sp³-hybridized carbons (Fsp3) is 0.462. The van der Waals surface area contributed by atoms with E-state index in [1.54, 1.807) is 19.0 Å². The molecular formula is C13H22N2O. The molecule has 0 heterocycles. The fourth-order valence-corrected chi connectivity index (χ4v) is 1.18. The largest absolute Gasteiger partial charge is 0.314 e. The Kier molecular flexibility index (Phi) is 7.21. The maximum atomic E-state index is 11.5. The van der Waals surface area contributed by atoms with Crippen LogP contribution >= 0.6 is 0 Å². The van der Waals surface area contributed by atoms with Crippen molar-refractivity contribution in [3.05, 3.63) is 29.8 Å². The molecule has 1 rings (SSSR count). The molecule has 0 fully saturated rings. The van der Waals surface area contributed by atoms with Crippen molar-refractivity contribution in [2.45, 2.75) is 20.8 Å². The van der Waals surface area contributed by atoms with Crippen molar-refractivity contribution in [3.8, 4) is 0 Å². The number of anilines is 1. The first-order valence-corrected chi connectivity index (χ1v) is 5.63. The van der Waals surface area contributed by atoms with Crippen LogP contribution in [0.15, 0.2) is 24.3 Å². The maximum Gasteiger partial charge on any atom is 0.240 e. The van der Waals surface area contributed by atoms with Gasteiger partial charge in [0.2, 0.25) is 5.91 Å². The molecule has 0 unspecified atom stereocenters. The molecule has 0 aromatic heterocycles. The lowest BCUT2D eigenvalue weighted by Crippen LogP contribution is -2.33. The predicted octanol–water partition coefficient (Wildman–Crippen LogP) is 2.20. The Labute approximate surface area is 98.5 Å². The monoisotopic (exact) mass is 222 g/mol. The molecular weight excluding hydrogens is 200 g/mol. The first kappa shape index (κ1) is 14.6. The van der Waals surface area contributed by atoms with E-state index in [0.29, 0.717) is 6.54 Å². The van der Waals surface area contributed by atoms with E-state index in [2.05, 4.69) is 5.32 Å². The van der Waals surface area contributed by atoms with E-state index in [-0.39, 0.29) is 5.91 Å². The summed E-state index contributed by atoms with van der Waals surface area (Å²) >= 11 is 0. The molecule has 3 heteroatoms. The minimum absolute atomic E-state index is 0.0661. The summed E-state index contributed by atoms with van der Waals surface area (Å²) in [5.41, 5.74) is 2.12. The molecule has 90 valence electrons. The number of amides is 1. The Morgan fingerprint density at radius 1 is 1.25 bits per heavy atom. The molecule has 0 bridgehead atoms. The number of carbonyl (C=O) groups excluding carboxylic acids is 1. The predicted molar refractivity (Wildman–Crippen MR) is 69.9 cm³/mol. The minimum atomic E-state index is 0.0661. The Bertz CT molecular complexity index is 306. The third kappa shape index (κ3) is 4.45. The number of aryl methyl sites for hydroxylation is 1. The Morgan fingerprint density at radius 2 is 1.75 bits per heavy atom. The van der Waals surface area contributed by atoms with Gasteiger partial charge in [-0.05, 0) is 26.1 Å². The van der Waals surface area contributed by atoms with Gasteiger partial charge in [0.15, 0.2) is 0 Å². The van der Waals surface area contributed by atoms with Gasteiger partial charge in [-0.2, -0.15) is 0 Å². The van der Waals surface area contributed by atoms with Gasteiger partial charge < -0.3 is 10.2 Å². The van der Waals surface area contributed by atoms with E-state index in [1.165, 1.54) is 5.56 Å². The molecule has 0 aliphatic heterocycles. The normalized spacial score (nSPS) is 9.06. The lowest BCUT2D eigenvalue weighted by molar-refractivity contribution is -0.117. The summed E-state index contributed by atoms with van der Waals surface area (Å²) in [6.07, 6.45) is 0. The number of nitrogens with one attached hydrogen (secondary N) is 1. The highest BCUT2D eigenvalue weighted by molar-refractivity contribution is 5.94. The van der Waals surface area contributed by atoms with Crippen molar-refractivity contribution in [1.82, 2.24) is 5.32 Å². The standard InChI is InChI=1S/C11H16N2O.C2H6/c1-9-4-6-10(7-5-9)13(3)11(14)8-12-2;1-2/h4-7,12H,8H2,1-3H3;1-2H3. The summed E-state index contributed by atoms with van der Waals surface area (Å²) in [6, 6.07) is 7.89. The second kappa shape index (κ2) is 7.88. The number of carbonyl (C=O) groups is 1. The van der Waals surface area contributed by atoms with Crippen LogP contribution in [0.25, 0.3) is 0 Å². The smallest absolute Gasteiger partial charge is 0.240 e. The number of benzene rings is 1. The van der Waals surface area contributed by atoms with Crippen LogP contribution in [0, 0.1) is 6.92 Å². The summed E-state index contributed by atoms with van der Waals surface area (Å²) in [6.45, 7) is 6.39. The van der Waals surface area contributed by atoms with Crippen LogP contribution in [0.2, 0.25) is 0 Å². The van der Waals surface area contributed by atoms with E-state index in [4.69, 9.17) is 0 Å². The molecule has 0 spiro atoms. The van der Waals surface area contributed by atoms with Crippen LogP contribution in [0.5, 0.6) is 0 Å². The van der Waals surface area contributed by atoms with Gasteiger partial charge >= 0.3 is 0 Å². The second-order valence-electron chi connectivity index (χ2n) is 3.32. The molecule has 1 aromatic carbocycles. The van der Waals surface area contributed by atoms with Crippen molar-refractivity contribution in [3.63, 3.8) is 0 Å². The zero-order valence-electron chi connectivity index (χ0n) is 10.9. The number of nitrogens with zero attached hydrogens (tertiary/aromatic N) is 1. The zero-order valence-corrected chi connectivity index (χ0v) is 10.9. The summed E-state index contributed by atoms with van der Waals surface area (Å²) in [5, 5.41) is 2.84. The molecule has 1 aromatic rings. The van der Waals surface area contributed by atoms with Gasteiger partial charge in [0.25, 0.3) is 0 Å². The fourth-order valence-electron chi connectivity index (χ4n) is 1.18. The number of hydrogen-bond donors (Lipinski definition) is 1. The van der Waals surface area contributed by atoms with Gasteiger partial charge in [-0.1, -0.05) is 31.5 Å². The molecule has 1 N–H and O–H groups in total. The van der Waals surface area contributed by atoms with Gasteiger partial charge in [0.1, 0.15) is 0 Å². The lowest BCUT2D eigenvalue weighted by Gasteiger charge is -2.17. The minimum Gasteiger partial charge on any atom is -0.314 e. The van der Waals surface area contributed by atoms with Gasteiger partial charge in [0, 0.05) is 12.7 Å². The van der Waals surface area contributed by atoms with Crippen molar-refractivity contribution < 1.29 is 4.79 Å². The van der Waals surface area contributed by atoms with Gasteiger partial charge in [-0.15, -0.1) is 0 Å². The van der Waals surface area contributed by atoms with E-state index in [1.807, 2.05) is 45.0 Å². The first-order chi connectivity index (χ1) is 7.65. The second-order valence-corrected chi connectivity index (χ2v) is 3.32. The van der Waals surface area contributed by atoms with E-state index in [9.17, 15) is 4.79 Å². The molecule has 0 radical (unpaired) electrons. The molecule has 0 aliphatic rings. The average Bonchev–Trinajstić information content (AvgIpc) is 2.32. The first-order valence-electron chi connectivity index (χ1n) is 5.63. The highest BCUT2D eigenvalue weighted by Crippen LogP contribution is 2.12. The van der Waals surface area contributed by atoms with Crippen LogP contribution in [0.1, 0.15) is 19.4 Å². The topological polar surface area (TPSA) is 32.3 Å². The quantitative estimate of drug-likeness (QED) is 0.850. The van der Waals surface area contributed by atoms with E-state index in [0.717, 1.165) is 5.69 Å². The van der Waals surface area contributed by atoms with Crippen LogP contribution < -0.4 is 10.2 Å². The third-order valence-corrected chi connectivity index (χ3v) is 2.12. The lowest BCUT2D eigenvalue weighted by atomic mass is 10.2. The summed E-state index contributed by atoms with van der Waals surface area (Å²) in [5.74, 6) is 0.0661.